The first kappa shape index (κ1) is 12.6. The molecule has 2 heterocycles. The van der Waals surface area contributed by atoms with Crippen molar-refractivity contribution < 1.29 is 9.84 Å². The zero-order chi connectivity index (χ0) is 13.2. The fourth-order valence-corrected chi connectivity index (χ4v) is 2.78. The Morgan fingerprint density at radius 1 is 1.37 bits per heavy atom. The van der Waals surface area contributed by atoms with Crippen LogP contribution in [0.2, 0.25) is 0 Å². The fraction of sp³-hybridized carbons (Fsp3) is 0.267. The number of para-hydroxylation sites is 1. The SMILES string of the molecule is OC(Cc1cncc(Br)c1)C1Cc2ccccc2O1. The molecular formula is C15H14BrNO2. The molecule has 1 aromatic heterocycles. The molecule has 98 valence electrons. The normalized spacial score (nSPS) is 18.7. The quantitative estimate of drug-likeness (QED) is 0.946. The minimum Gasteiger partial charge on any atom is -0.487 e. The summed E-state index contributed by atoms with van der Waals surface area (Å²) in [6, 6.07) is 9.91. The molecule has 3 rings (SSSR count). The van der Waals surface area contributed by atoms with Crippen LogP contribution in [0.5, 0.6) is 5.75 Å². The van der Waals surface area contributed by atoms with Crippen LogP contribution in [0.4, 0.5) is 0 Å². The van der Waals surface area contributed by atoms with E-state index in [1.165, 1.54) is 5.56 Å². The Morgan fingerprint density at radius 3 is 3.00 bits per heavy atom. The van der Waals surface area contributed by atoms with Crippen molar-refractivity contribution in [2.45, 2.75) is 25.0 Å². The standard InChI is InChI=1S/C15H14BrNO2/c16-12-5-10(8-17-9-12)6-13(18)15-7-11-3-1-2-4-14(11)19-15/h1-5,8-9,13,15,18H,6-7H2. The van der Waals surface area contributed by atoms with Crippen LogP contribution in [0.15, 0.2) is 47.2 Å². The fourth-order valence-electron chi connectivity index (χ4n) is 2.36. The molecule has 1 N–H and O–H groups in total. The van der Waals surface area contributed by atoms with Crippen LogP contribution < -0.4 is 4.74 Å². The number of aromatic nitrogens is 1. The zero-order valence-electron chi connectivity index (χ0n) is 10.3. The van der Waals surface area contributed by atoms with E-state index in [9.17, 15) is 5.11 Å². The number of aliphatic hydroxyl groups excluding tert-OH is 1. The first-order valence-corrected chi connectivity index (χ1v) is 7.04. The number of aliphatic hydroxyl groups is 1. The van der Waals surface area contributed by atoms with Gasteiger partial charge >= 0.3 is 0 Å². The van der Waals surface area contributed by atoms with Gasteiger partial charge in [-0.15, -0.1) is 0 Å². The zero-order valence-corrected chi connectivity index (χ0v) is 11.9. The maximum atomic E-state index is 10.3. The molecule has 0 bridgehead atoms. The highest BCUT2D eigenvalue weighted by molar-refractivity contribution is 9.10. The van der Waals surface area contributed by atoms with E-state index in [1.807, 2.05) is 30.3 Å². The van der Waals surface area contributed by atoms with Crippen LogP contribution in [0, 0.1) is 0 Å². The predicted molar refractivity (Wildman–Crippen MR) is 76.2 cm³/mol. The lowest BCUT2D eigenvalue weighted by atomic mass is 10.0. The molecule has 0 amide bonds. The Hall–Kier alpha value is -1.39. The van der Waals surface area contributed by atoms with Crippen molar-refractivity contribution >= 4 is 15.9 Å². The van der Waals surface area contributed by atoms with Crippen LogP contribution in [-0.2, 0) is 12.8 Å². The van der Waals surface area contributed by atoms with Crippen molar-refractivity contribution in [3.05, 3.63) is 58.3 Å². The van der Waals surface area contributed by atoms with E-state index in [-0.39, 0.29) is 6.10 Å². The molecule has 0 saturated carbocycles. The molecule has 19 heavy (non-hydrogen) atoms. The molecule has 2 unspecified atom stereocenters. The number of benzene rings is 1. The average Bonchev–Trinajstić information content (AvgIpc) is 2.82. The molecule has 0 aliphatic carbocycles. The molecule has 2 atom stereocenters. The van der Waals surface area contributed by atoms with Crippen molar-refractivity contribution in [1.82, 2.24) is 4.98 Å². The van der Waals surface area contributed by atoms with Gasteiger partial charge in [-0.1, -0.05) is 18.2 Å². The summed E-state index contributed by atoms with van der Waals surface area (Å²) in [5.74, 6) is 0.888. The largest absolute Gasteiger partial charge is 0.487 e. The third kappa shape index (κ3) is 2.80. The van der Waals surface area contributed by atoms with E-state index in [0.29, 0.717) is 6.42 Å². The predicted octanol–water partition coefficient (Wildman–Crippen LogP) is 2.75. The first-order valence-electron chi connectivity index (χ1n) is 6.24. The average molecular weight is 320 g/mol. The molecule has 4 heteroatoms. The summed E-state index contributed by atoms with van der Waals surface area (Å²) >= 11 is 3.38. The molecule has 1 aliphatic rings. The van der Waals surface area contributed by atoms with Crippen LogP contribution in [0.3, 0.4) is 0 Å². The Labute approximate surface area is 120 Å². The van der Waals surface area contributed by atoms with Gasteiger partial charge in [0.2, 0.25) is 0 Å². The van der Waals surface area contributed by atoms with Crippen LogP contribution in [0.1, 0.15) is 11.1 Å². The van der Waals surface area contributed by atoms with Gasteiger partial charge in [0.05, 0.1) is 6.10 Å². The minimum absolute atomic E-state index is 0.170. The Balaban J connectivity index is 1.68. The van der Waals surface area contributed by atoms with E-state index in [2.05, 4.69) is 20.9 Å². The number of fused-ring (bicyclic) bond motifs is 1. The number of ether oxygens (including phenoxy) is 1. The number of hydrogen-bond donors (Lipinski definition) is 1. The highest BCUT2D eigenvalue weighted by Gasteiger charge is 2.28. The van der Waals surface area contributed by atoms with E-state index >= 15 is 0 Å². The van der Waals surface area contributed by atoms with E-state index < -0.39 is 6.10 Å². The summed E-state index contributed by atoms with van der Waals surface area (Å²) in [6.45, 7) is 0. The molecule has 0 spiro atoms. The van der Waals surface area contributed by atoms with Crippen molar-refractivity contribution in [1.29, 1.82) is 0 Å². The number of pyridine rings is 1. The van der Waals surface area contributed by atoms with E-state index in [4.69, 9.17) is 4.74 Å². The highest BCUT2D eigenvalue weighted by Crippen LogP contribution is 2.30. The molecule has 3 nitrogen and oxygen atoms in total. The Bertz CT molecular complexity index is 563. The maximum absolute atomic E-state index is 10.3. The smallest absolute Gasteiger partial charge is 0.129 e. The maximum Gasteiger partial charge on any atom is 0.129 e. The molecule has 0 saturated heterocycles. The van der Waals surface area contributed by atoms with Gasteiger partial charge in [0.15, 0.2) is 0 Å². The summed E-state index contributed by atoms with van der Waals surface area (Å²) in [7, 11) is 0. The Morgan fingerprint density at radius 2 is 2.21 bits per heavy atom. The second-order valence-electron chi connectivity index (χ2n) is 4.75. The first-order chi connectivity index (χ1) is 9.22. The van der Waals surface area contributed by atoms with Gasteiger partial charge in [0.1, 0.15) is 11.9 Å². The van der Waals surface area contributed by atoms with Crippen LogP contribution in [0.25, 0.3) is 0 Å². The molecular weight excluding hydrogens is 306 g/mol. The highest BCUT2D eigenvalue weighted by atomic mass is 79.9. The molecule has 1 aliphatic heterocycles. The second-order valence-corrected chi connectivity index (χ2v) is 5.67. The van der Waals surface area contributed by atoms with Crippen molar-refractivity contribution in [3.63, 3.8) is 0 Å². The van der Waals surface area contributed by atoms with Crippen molar-refractivity contribution in [2.75, 3.05) is 0 Å². The lowest BCUT2D eigenvalue weighted by Crippen LogP contribution is -2.32. The van der Waals surface area contributed by atoms with Gasteiger partial charge in [-0.3, -0.25) is 4.98 Å². The third-order valence-electron chi connectivity index (χ3n) is 3.31. The van der Waals surface area contributed by atoms with Crippen molar-refractivity contribution in [2.24, 2.45) is 0 Å². The van der Waals surface area contributed by atoms with Gasteiger partial charge in [0, 0.05) is 29.7 Å². The molecule has 1 aromatic carbocycles. The summed E-state index contributed by atoms with van der Waals surface area (Å²) in [5, 5.41) is 10.3. The monoisotopic (exact) mass is 319 g/mol. The van der Waals surface area contributed by atoms with Gasteiger partial charge < -0.3 is 9.84 Å². The topological polar surface area (TPSA) is 42.4 Å². The lowest BCUT2D eigenvalue weighted by molar-refractivity contribution is 0.0502. The van der Waals surface area contributed by atoms with E-state index in [1.54, 1.807) is 12.4 Å². The second kappa shape index (κ2) is 5.31. The van der Waals surface area contributed by atoms with Gasteiger partial charge in [-0.25, -0.2) is 0 Å². The van der Waals surface area contributed by atoms with Crippen LogP contribution >= 0.6 is 15.9 Å². The van der Waals surface area contributed by atoms with Gasteiger partial charge in [-0.2, -0.15) is 0 Å². The molecule has 2 aromatic rings. The third-order valence-corrected chi connectivity index (χ3v) is 3.74. The number of hydrogen-bond acceptors (Lipinski definition) is 3. The summed E-state index contributed by atoms with van der Waals surface area (Å²) in [5.41, 5.74) is 2.17. The number of halogens is 1. The Kier molecular flexibility index (Phi) is 3.53. The number of rotatable bonds is 3. The van der Waals surface area contributed by atoms with Crippen molar-refractivity contribution in [3.8, 4) is 5.75 Å². The lowest BCUT2D eigenvalue weighted by Gasteiger charge is -2.18. The minimum atomic E-state index is -0.525. The van der Waals surface area contributed by atoms with Gasteiger partial charge in [0.25, 0.3) is 0 Å². The summed E-state index contributed by atoms with van der Waals surface area (Å²) in [4.78, 5) is 4.10. The van der Waals surface area contributed by atoms with E-state index in [0.717, 1.165) is 22.2 Å². The molecule has 0 fully saturated rings. The van der Waals surface area contributed by atoms with Crippen LogP contribution in [-0.4, -0.2) is 22.3 Å². The summed E-state index contributed by atoms with van der Waals surface area (Å²) in [6.07, 6.45) is 4.12. The van der Waals surface area contributed by atoms with Gasteiger partial charge in [-0.05, 0) is 39.2 Å². The summed E-state index contributed by atoms with van der Waals surface area (Å²) < 4.78 is 6.71. The number of nitrogens with zero attached hydrogens (tertiary/aromatic N) is 1. The molecule has 0 radical (unpaired) electrons.